The van der Waals surface area contributed by atoms with Gasteiger partial charge in [0.2, 0.25) is 0 Å². The average molecular weight is 823 g/mol. The number of rotatable bonds is 8. The molecule has 15 nitrogen and oxygen atoms in total. The summed E-state index contributed by atoms with van der Waals surface area (Å²) in [6.45, 7) is 11.3. The summed E-state index contributed by atoms with van der Waals surface area (Å²) < 4.78 is 48.1. The van der Waals surface area contributed by atoms with E-state index in [-0.39, 0.29) is 61.2 Å². The average Bonchev–Trinajstić information content (AvgIpc) is 3.66. The summed E-state index contributed by atoms with van der Waals surface area (Å²) in [7, 11) is 0. The third-order valence-electron chi connectivity index (χ3n) is 16.1. The smallest absolute Gasteiger partial charge is 0.331 e. The Labute approximate surface area is 341 Å². The van der Waals surface area contributed by atoms with Crippen LogP contribution in [0.4, 0.5) is 0 Å². The van der Waals surface area contributed by atoms with Crippen molar-refractivity contribution in [3.05, 3.63) is 11.6 Å². The Morgan fingerprint density at radius 1 is 0.759 bits per heavy atom. The van der Waals surface area contributed by atoms with Gasteiger partial charge in [0.25, 0.3) is 0 Å². The Morgan fingerprint density at radius 2 is 1.36 bits per heavy atom. The summed E-state index contributed by atoms with van der Waals surface area (Å²) in [5.74, 6) is -0.330. The minimum atomic E-state index is -1.05. The summed E-state index contributed by atoms with van der Waals surface area (Å²) in [6.07, 6.45) is -1.36. The predicted molar refractivity (Wildman–Crippen MR) is 202 cm³/mol. The molecule has 5 N–H and O–H groups in total. The van der Waals surface area contributed by atoms with Crippen molar-refractivity contribution in [3.8, 4) is 0 Å². The molecule has 58 heavy (non-hydrogen) atoms. The molecule has 4 heterocycles. The molecule has 8 aliphatic rings. The molecule has 0 aromatic carbocycles. The Hall–Kier alpha value is -1.76. The number of aliphatic hydroxyl groups is 5. The summed E-state index contributed by atoms with van der Waals surface area (Å²) >= 11 is 0. The van der Waals surface area contributed by atoms with Crippen LogP contribution in [0.5, 0.6) is 0 Å². The van der Waals surface area contributed by atoms with Gasteiger partial charge < -0.3 is 63.4 Å². The molecule has 21 atom stereocenters. The first-order chi connectivity index (χ1) is 27.4. The van der Waals surface area contributed by atoms with Crippen molar-refractivity contribution in [1.29, 1.82) is 0 Å². The highest BCUT2D eigenvalue weighted by Crippen LogP contribution is 2.70. The number of aliphatic hydroxyl groups excluding tert-OH is 4. The van der Waals surface area contributed by atoms with Crippen LogP contribution in [-0.2, 0) is 47.5 Å². The molecular formula is C43H66O15. The van der Waals surface area contributed by atoms with E-state index in [2.05, 4.69) is 13.8 Å². The fourth-order valence-corrected chi connectivity index (χ4v) is 13.2. The van der Waals surface area contributed by atoms with Gasteiger partial charge in [-0.2, -0.15) is 0 Å². The van der Waals surface area contributed by atoms with E-state index in [1.165, 1.54) is 13.0 Å². The molecule has 0 bridgehead atoms. The van der Waals surface area contributed by atoms with Gasteiger partial charge in [0.05, 0.1) is 48.3 Å². The number of carbonyl (C=O) groups is 2. The molecule has 0 unspecified atom stereocenters. The zero-order valence-electron chi connectivity index (χ0n) is 34.8. The van der Waals surface area contributed by atoms with Gasteiger partial charge >= 0.3 is 11.9 Å². The monoisotopic (exact) mass is 822 g/mol. The maximum atomic E-state index is 12.8. The van der Waals surface area contributed by atoms with E-state index < -0.39 is 90.9 Å². The summed E-state index contributed by atoms with van der Waals surface area (Å²) in [5, 5.41) is 55.4. The van der Waals surface area contributed by atoms with Crippen LogP contribution in [0.1, 0.15) is 112 Å². The summed E-state index contributed by atoms with van der Waals surface area (Å²) in [6, 6.07) is 0. The lowest BCUT2D eigenvalue weighted by Gasteiger charge is -2.63. The Bertz CT molecular complexity index is 1520. The van der Waals surface area contributed by atoms with E-state index in [0.29, 0.717) is 18.3 Å². The van der Waals surface area contributed by atoms with E-state index >= 15 is 0 Å². The quantitative estimate of drug-likeness (QED) is 0.176. The maximum absolute atomic E-state index is 12.8. The fraction of sp³-hybridized carbons (Fsp3) is 0.907. The van der Waals surface area contributed by atoms with Gasteiger partial charge in [-0.3, -0.25) is 4.79 Å². The van der Waals surface area contributed by atoms with Gasteiger partial charge in [-0.15, -0.1) is 0 Å². The minimum absolute atomic E-state index is 0.00291. The maximum Gasteiger partial charge on any atom is 0.331 e. The number of ether oxygens (including phenoxy) is 8. The van der Waals surface area contributed by atoms with Crippen LogP contribution in [0.25, 0.3) is 0 Å². The zero-order chi connectivity index (χ0) is 41.5. The van der Waals surface area contributed by atoms with Crippen molar-refractivity contribution in [2.75, 3.05) is 6.61 Å². The van der Waals surface area contributed by atoms with Gasteiger partial charge in [0.1, 0.15) is 31.0 Å². The molecular weight excluding hydrogens is 756 g/mol. The summed E-state index contributed by atoms with van der Waals surface area (Å²) in [5.41, 5.74) is -0.805. The SMILES string of the molecule is CC(=O)O[C@@H]1C[C@]2(O)[C@@H]3CC[C@@H]4C[C@@H](O[C@H]5C[C@H](O)[C@H](O[C@H]6C[C@H](O)[C@H](O[C@H]7C[C@H](O)[C@H](O)[C@@H](C)O7)[C@@H](C)O6)[C@@H](C)O5)CC[C@]4(C)[C@H]3CC[C@]2(C)[C@H]1C1=CC(=O)OC1. The van der Waals surface area contributed by atoms with Gasteiger partial charge in [-0.1, -0.05) is 13.8 Å². The molecule has 0 spiro atoms. The highest BCUT2D eigenvalue weighted by Gasteiger charge is 2.71. The van der Waals surface area contributed by atoms with Gasteiger partial charge in [0, 0.05) is 50.0 Å². The first kappa shape index (κ1) is 42.9. The first-order valence-corrected chi connectivity index (χ1v) is 21.8. The van der Waals surface area contributed by atoms with Gasteiger partial charge in [-0.05, 0) is 94.5 Å². The van der Waals surface area contributed by atoms with Crippen molar-refractivity contribution in [2.24, 2.45) is 34.5 Å². The van der Waals surface area contributed by atoms with Gasteiger partial charge in [-0.25, -0.2) is 4.79 Å². The number of fused-ring (bicyclic) bond motifs is 5. The van der Waals surface area contributed by atoms with E-state index in [1.807, 2.05) is 6.92 Å². The second-order valence-electron chi connectivity index (χ2n) is 19.5. The van der Waals surface area contributed by atoms with Crippen LogP contribution in [0.3, 0.4) is 0 Å². The van der Waals surface area contributed by atoms with Crippen LogP contribution in [0, 0.1) is 34.5 Å². The van der Waals surface area contributed by atoms with Crippen molar-refractivity contribution >= 4 is 11.9 Å². The topological polar surface area (TPSA) is 209 Å². The van der Waals surface area contributed by atoms with E-state index in [0.717, 1.165) is 50.5 Å². The molecule has 328 valence electrons. The lowest BCUT2D eigenvalue weighted by molar-refractivity contribution is -0.336. The largest absolute Gasteiger partial charge is 0.462 e. The highest BCUT2D eigenvalue weighted by molar-refractivity contribution is 5.85. The Kier molecular flexibility index (Phi) is 12.0. The standard InChI is InChI=1S/C43H66O15/c1-20-38(49)29(45)15-35(52-20)57-40-22(3)54-36(17-31(40)47)58-39-21(2)53-34(16-30(39)46)56-26-9-11-41(5)25(14-26)7-8-28-27(41)10-12-42(6)37(24-13-33(48)51-19-24)32(55-23(4)44)18-43(28,42)50/h13,20-22,25-32,34-40,45-47,49-50H,7-12,14-19H2,1-6H3/t20-,21-,22-,25-,26+,27+,28-,29+,30+,31+,32-,34+,35+,36+,37+,38-,39-,40-,41+,42-,43+/m1/s1. The second-order valence-corrected chi connectivity index (χ2v) is 19.5. The molecule has 0 aromatic heterocycles. The zero-order valence-corrected chi connectivity index (χ0v) is 34.8. The van der Waals surface area contributed by atoms with Crippen molar-refractivity contribution < 1.29 is 73.0 Å². The molecule has 8 rings (SSSR count). The molecule has 0 radical (unpaired) electrons. The van der Waals surface area contributed by atoms with Crippen LogP contribution < -0.4 is 0 Å². The Morgan fingerprint density at radius 3 is 1.93 bits per heavy atom. The van der Waals surface area contributed by atoms with E-state index in [9.17, 15) is 35.1 Å². The fourth-order valence-electron chi connectivity index (χ4n) is 13.2. The Balaban J connectivity index is 0.848. The lowest BCUT2D eigenvalue weighted by Crippen LogP contribution is -2.62. The summed E-state index contributed by atoms with van der Waals surface area (Å²) in [4.78, 5) is 24.4. The number of hydrogen-bond acceptors (Lipinski definition) is 15. The minimum Gasteiger partial charge on any atom is -0.462 e. The number of carbonyl (C=O) groups excluding carboxylic acids is 2. The van der Waals surface area contributed by atoms with E-state index in [1.54, 1.807) is 13.8 Å². The van der Waals surface area contributed by atoms with Crippen LogP contribution in [0.15, 0.2) is 11.6 Å². The first-order valence-electron chi connectivity index (χ1n) is 21.8. The number of hydrogen-bond donors (Lipinski definition) is 5. The van der Waals surface area contributed by atoms with Crippen molar-refractivity contribution in [3.63, 3.8) is 0 Å². The van der Waals surface area contributed by atoms with Crippen LogP contribution in [0.2, 0.25) is 0 Å². The molecule has 3 saturated heterocycles. The predicted octanol–water partition coefficient (Wildman–Crippen LogP) is 2.79. The molecule has 4 aliphatic carbocycles. The lowest BCUT2D eigenvalue weighted by atomic mass is 9.43. The molecule has 7 fully saturated rings. The van der Waals surface area contributed by atoms with Crippen molar-refractivity contribution in [1.82, 2.24) is 0 Å². The molecule has 0 amide bonds. The third kappa shape index (κ3) is 7.60. The van der Waals surface area contributed by atoms with Crippen molar-refractivity contribution in [2.45, 2.75) is 204 Å². The second kappa shape index (κ2) is 16.2. The van der Waals surface area contributed by atoms with Crippen LogP contribution in [-0.4, -0.2) is 136 Å². The normalized spacial score (nSPS) is 53.2. The third-order valence-corrected chi connectivity index (χ3v) is 16.1. The molecule has 4 aliphatic heterocycles. The van der Waals surface area contributed by atoms with Gasteiger partial charge in [0.15, 0.2) is 18.9 Å². The highest BCUT2D eigenvalue weighted by atomic mass is 16.7. The molecule has 15 heteroatoms. The van der Waals surface area contributed by atoms with Crippen LogP contribution >= 0.6 is 0 Å². The van der Waals surface area contributed by atoms with E-state index in [4.69, 9.17) is 37.9 Å². The molecule has 4 saturated carbocycles. The number of esters is 2. The number of cyclic esters (lactones) is 1. The molecule has 0 aromatic rings.